The second kappa shape index (κ2) is 9.36. The zero-order chi connectivity index (χ0) is 19.1. The number of likely N-dealkylation sites (tertiary alicyclic amines) is 1. The van der Waals surface area contributed by atoms with Crippen LogP contribution in [0.3, 0.4) is 0 Å². The Hall–Kier alpha value is -1.88. The molecular weight excluding hydrogens is 338 g/mol. The first-order valence-corrected chi connectivity index (χ1v) is 10.4. The van der Waals surface area contributed by atoms with Gasteiger partial charge in [-0.3, -0.25) is 14.5 Å². The Bertz CT molecular complexity index is 626. The second-order valence-electron chi connectivity index (χ2n) is 8.26. The lowest BCUT2D eigenvalue weighted by Crippen LogP contribution is -2.60. The summed E-state index contributed by atoms with van der Waals surface area (Å²) in [5, 5.41) is 6.14. The predicted molar refractivity (Wildman–Crippen MR) is 107 cm³/mol. The number of nitrogens with zero attached hydrogens (tertiary/aromatic N) is 1. The van der Waals surface area contributed by atoms with E-state index in [-0.39, 0.29) is 11.8 Å². The maximum Gasteiger partial charge on any atom is 0.245 e. The molecule has 3 rings (SSSR count). The molecule has 2 N–H and O–H groups in total. The minimum Gasteiger partial charge on any atom is -0.354 e. The monoisotopic (exact) mass is 371 g/mol. The predicted octanol–water partition coefficient (Wildman–Crippen LogP) is 2.85. The fourth-order valence-corrected chi connectivity index (χ4v) is 4.61. The molecule has 2 amide bonds. The van der Waals surface area contributed by atoms with Crippen molar-refractivity contribution in [2.45, 2.75) is 64.0 Å². The molecule has 0 aromatic heterocycles. The van der Waals surface area contributed by atoms with Crippen LogP contribution in [0.5, 0.6) is 0 Å². The molecule has 2 aliphatic rings. The third kappa shape index (κ3) is 5.55. The first-order chi connectivity index (χ1) is 13.1. The van der Waals surface area contributed by atoms with E-state index in [0.29, 0.717) is 12.5 Å². The SMILES string of the molecule is CC(=O)NC1(C(=O)NCC2CCCN(Cc3ccccc3)C2)CCCCC1. The molecule has 1 atom stereocenters. The lowest BCUT2D eigenvalue weighted by atomic mass is 9.80. The quantitative estimate of drug-likeness (QED) is 0.808. The molecular formula is C22H33N3O2. The summed E-state index contributed by atoms with van der Waals surface area (Å²) >= 11 is 0. The van der Waals surface area contributed by atoms with Gasteiger partial charge in [0.15, 0.2) is 0 Å². The van der Waals surface area contributed by atoms with Crippen LogP contribution in [0.1, 0.15) is 57.4 Å². The molecule has 0 spiro atoms. The van der Waals surface area contributed by atoms with Crippen LogP contribution in [0.2, 0.25) is 0 Å². The zero-order valence-corrected chi connectivity index (χ0v) is 16.5. The number of rotatable bonds is 6. The Balaban J connectivity index is 1.52. The van der Waals surface area contributed by atoms with E-state index in [9.17, 15) is 9.59 Å². The molecule has 0 bridgehead atoms. The molecule has 1 saturated heterocycles. The molecule has 1 aromatic carbocycles. The van der Waals surface area contributed by atoms with Crippen LogP contribution in [0.4, 0.5) is 0 Å². The first kappa shape index (κ1) is 19.9. The van der Waals surface area contributed by atoms with Crippen LogP contribution in [0.15, 0.2) is 30.3 Å². The maximum atomic E-state index is 12.9. The van der Waals surface area contributed by atoms with Gasteiger partial charge in [-0.1, -0.05) is 49.6 Å². The molecule has 27 heavy (non-hydrogen) atoms. The fraction of sp³-hybridized carbons (Fsp3) is 0.636. The van der Waals surface area contributed by atoms with Gasteiger partial charge in [0.2, 0.25) is 11.8 Å². The summed E-state index contributed by atoms with van der Waals surface area (Å²) in [6.45, 7) is 5.32. The van der Waals surface area contributed by atoms with Crippen LogP contribution in [-0.2, 0) is 16.1 Å². The molecule has 0 radical (unpaired) electrons. The topological polar surface area (TPSA) is 61.4 Å². The molecule has 1 heterocycles. The van der Waals surface area contributed by atoms with Crippen molar-refractivity contribution in [2.24, 2.45) is 5.92 Å². The van der Waals surface area contributed by atoms with E-state index in [2.05, 4.69) is 39.8 Å². The van der Waals surface area contributed by atoms with Crippen molar-refractivity contribution in [1.29, 1.82) is 0 Å². The Morgan fingerprint density at radius 1 is 1.11 bits per heavy atom. The molecule has 1 aliphatic carbocycles. The van der Waals surface area contributed by atoms with Gasteiger partial charge >= 0.3 is 0 Å². The number of hydrogen-bond acceptors (Lipinski definition) is 3. The summed E-state index contributed by atoms with van der Waals surface area (Å²) in [4.78, 5) is 27.1. The second-order valence-corrected chi connectivity index (χ2v) is 8.26. The highest BCUT2D eigenvalue weighted by Crippen LogP contribution is 2.29. The number of hydrogen-bond donors (Lipinski definition) is 2. The molecule has 148 valence electrons. The lowest BCUT2D eigenvalue weighted by Gasteiger charge is -2.37. The molecule has 1 unspecified atom stereocenters. The maximum absolute atomic E-state index is 12.9. The average molecular weight is 372 g/mol. The van der Waals surface area contributed by atoms with Crippen molar-refractivity contribution >= 4 is 11.8 Å². The van der Waals surface area contributed by atoms with Crippen LogP contribution >= 0.6 is 0 Å². The third-order valence-corrected chi connectivity index (χ3v) is 5.96. The summed E-state index contributed by atoms with van der Waals surface area (Å²) < 4.78 is 0. The van der Waals surface area contributed by atoms with Gasteiger partial charge in [0, 0.05) is 26.6 Å². The molecule has 1 aliphatic heterocycles. The minimum absolute atomic E-state index is 0.0117. The van der Waals surface area contributed by atoms with Gasteiger partial charge in [-0.15, -0.1) is 0 Å². The molecule has 5 heteroatoms. The Morgan fingerprint density at radius 3 is 2.56 bits per heavy atom. The van der Waals surface area contributed by atoms with Gasteiger partial charge in [0.1, 0.15) is 5.54 Å². The van der Waals surface area contributed by atoms with Crippen molar-refractivity contribution in [3.63, 3.8) is 0 Å². The van der Waals surface area contributed by atoms with Crippen LogP contribution < -0.4 is 10.6 Å². The number of nitrogens with one attached hydrogen (secondary N) is 2. The molecule has 2 fully saturated rings. The zero-order valence-electron chi connectivity index (χ0n) is 16.5. The summed E-state index contributed by atoms with van der Waals surface area (Å²) in [6.07, 6.45) is 6.98. The van der Waals surface area contributed by atoms with Gasteiger partial charge in [-0.05, 0) is 43.7 Å². The first-order valence-electron chi connectivity index (χ1n) is 10.4. The Kier molecular flexibility index (Phi) is 6.89. The van der Waals surface area contributed by atoms with Crippen LogP contribution in [-0.4, -0.2) is 41.9 Å². The molecule has 1 saturated carbocycles. The highest BCUT2D eigenvalue weighted by atomic mass is 16.2. The summed E-state index contributed by atoms with van der Waals surface area (Å²) in [5.74, 6) is 0.376. The standard InChI is InChI=1S/C22H33N3O2/c1-18(26)24-22(12-6-3-7-13-22)21(27)23-15-20-11-8-14-25(17-20)16-19-9-4-2-5-10-19/h2,4-5,9-10,20H,3,6-8,11-17H2,1H3,(H,23,27)(H,24,26). The van der Waals surface area contributed by atoms with E-state index in [1.54, 1.807) is 0 Å². The highest BCUT2D eigenvalue weighted by Gasteiger charge is 2.40. The highest BCUT2D eigenvalue weighted by molar-refractivity contribution is 5.91. The van der Waals surface area contributed by atoms with Crippen LogP contribution in [0, 0.1) is 5.92 Å². The van der Waals surface area contributed by atoms with Crippen LogP contribution in [0.25, 0.3) is 0 Å². The summed E-state index contributed by atoms with van der Waals surface area (Å²) in [7, 11) is 0. The van der Waals surface area contributed by atoms with E-state index in [1.165, 1.54) is 18.9 Å². The van der Waals surface area contributed by atoms with Crippen molar-refractivity contribution in [1.82, 2.24) is 15.5 Å². The van der Waals surface area contributed by atoms with E-state index in [1.807, 2.05) is 6.07 Å². The summed E-state index contributed by atoms with van der Waals surface area (Å²) in [6, 6.07) is 10.6. The van der Waals surface area contributed by atoms with Gasteiger partial charge < -0.3 is 10.6 Å². The van der Waals surface area contributed by atoms with E-state index >= 15 is 0 Å². The fourth-order valence-electron chi connectivity index (χ4n) is 4.61. The largest absolute Gasteiger partial charge is 0.354 e. The third-order valence-electron chi connectivity index (χ3n) is 5.96. The summed E-state index contributed by atoms with van der Waals surface area (Å²) in [5.41, 5.74) is 0.650. The molecule has 5 nitrogen and oxygen atoms in total. The Labute approximate surface area is 162 Å². The van der Waals surface area contributed by atoms with Crippen molar-refractivity contribution in [2.75, 3.05) is 19.6 Å². The Morgan fingerprint density at radius 2 is 1.85 bits per heavy atom. The van der Waals surface area contributed by atoms with Gasteiger partial charge in [0.25, 0.3) is 0 Å². The van der Waals surface area contributed by atoms with E-state index < -0.39 is 5.54 Å². The van der Waals surface area contributed by atoms with Crippen molar-refractivity contribution < 1.29 is 9.59 Å². The number of piperidine rings is 1. The minimum atomic E-state index is -0.692. The van der Waals surface area contributed by atoms with Crippen molar-refractivity contribution in [3.8, 4) is 0 Å². The number of carbonyl (C=O) groups is 2. The average Bonchev–Trinajstić information content (AvgIpc) is 2.67. The number of benzene rings is 1. The van der Waals surface area contributed by atoms with E-state index in [4.69, 9.17) is 0 Å². The van der Waals surface area contributed by atoms with Gasteiger partial charge in [-0.2, -0.15) is 0 Å². The normalized spacial score (nSPS) is 22.8. The number of amides is 2. The smallest absolute Gasteiger partial charge is 0.245 e. The molecule has 1 aromatic rings. The lowest BCUT2D eigenvalue weighted by molar-refractivity contribution is -0.134. The van der Waals surface area contributed by atoms with Gasteiger partial charge in [0.05, 0.1) is 0 Å². The van der Waals surface area contributed by atoms with Gasteiger partial charge in [-0.25, -0.2) is 0 Å². The van der Waals surface area contributed by atoms with E-state index in [0.717, 1.165) is 58.2 Å². The number of carbonyl (C=O) groups excluding carboxylic acids is 2. The van der Waals surface area contributed by atoms with Crippen molar-refractivity contribution in [3.05, 3.63) is 35.9 Å².